The van der Waals surface area contributed by atoms with Crippen molar-refractivity contribution in [3.8, 4) is 0 Å². The molecular formula is C8H10N2OS. The molecule has 0 aliphatic heterocycles. The van der Waals surface area contributed by atoms with Gasteiger partial charge in [-0.25, -0.2) is 4.98 Å². The number of anilines is 1. The molecule has 0 bridgehead atoms. The Morgan fingerprint density at radius 1 is 1.75 bits per heavy atom. The van der Waals surface area contributed by atoms with Crippen molar-refractivity contribution in [2.75, 3.05) is 5.32 Å². The molecule has 0 unspecified atom stereocenters. The molecule has 1 saturated carbocycles. The number of nitrogens with one attached hydrogen (secondary N) is 1. The topological polar surface area (TPSA) is 42.0 Å². The molecule has 0 aromatic carbocycles. The Bertz CT molecular complexity index is 290. The highest BCUT2D eigenvalue weighted by molar-refractivity contribution is 7.13. The number of amides is 1. The van der Waals surface area contributed by atoms with E-state index in [0.29, 0.717) is 5.13 Å². The largest absolute Gasteiger partial charge is 0.302 e. The van der Waals surface area contributed by atoms with E-state index in [9.17, 15) is 4.79 Å². The van der Waals surface area contributed by atoms with Crippen LogP contribution in [-0.4, -0.2) is 10.9 Å². The van der Waals surface area contributed by atoms with Crippen molar-refractivity contribution in [1.82, 2.24) is 4.98 Å². The molecule has 1 fully saturated rings. The molecule has 12 heavy (non-hydrogen) atoms. The van der Waals surface area contributed by atoms with Crippen molar-refractivity contribution in [1.29, 1.82) is 0 Å². The number of aromatic nitrogens is 1. The van der Waals surface area contributed by atoms with Gasteiger partial charge in [-0.1, -0.05) is 6.92 Å². The fourth-order valence-corrected chi connectivity index (χ4v) is 1.47. The molecule has 1 aliphatic rings. The Balaban J connectivity index is 2.00. The van der Waals surface area contributed by atoms with E-state index in [0.717, 1.165) is 12.8 Å². The van der Waals surface area contributed by atoms with Crippen molar-refractivity contribution in [2.45, 2.75) is 19.8 Å². The molecule has 0 saturated heterocycles. The molecule has 0 spiro atoms. The summed E-state index contributed by atoms with van der Waals surface area (Å²) in [6.45, 7) is 1.98. The van der Waals surface area contributed by atoms with E-state index in [1.165, 1.54) is 11.3 Å². The number of carbonyl (C=O) groups excluding carboxylic acids is 1. The van der Waals surface area contributed by atoms with Crippen molar-refractivity contribution >= 4 is 22.4 Å². The highest BCUT2D eigenvalue weighted by Crippen LogP contribution is 2.45. The van der Waals surface area contributed by atoms with Crippen molar-refractivity contribution < 1.29 is 4.79 Å². The standard InChI is InChI=1S/C8H10N2OS/c1-8(2-3-8)6(11)10-7-9-4-5-12-7/h4-5H,2-3H2,1H3,(H,9,10,11). The first-order valence-electron chi connectivity index (χ1n) is 3.92. The molecule has 1 aliphatic carbocycles. The Morgan fingerprint density at radius 3 is 3.00 bits per heavy atom. The predicted octanol–water partition coefficient (Wildman–Crippen LogP) is 1.88. The maximum Gasteiger partial charge on any atom is 0.232 e. The van der Waals surface area contributed by atoms with Crippen LogP contribution in [0.15, 0.2) is 11.6 Å². The van der Waals surface area contributed by atoms with E-state index < -0.39 is 0 Å². The van der Waals surface area contributed by atoms with E-state index >= 15 is 0 Å². The normalized spacial score (nSPS) is 18.8. The monoisotopic (exact) mass is 182 g/mol. The maximum absolute atomic E-state index is 11.4. The Hall–Kier alpha value is -0.900. The van der Waals surface area contributed by atoms with Gasteiger partial charge in [-0.05, 0) is 12.8 Å². The summed E-state index contributed by atoms with van der Waals surface area (Å²) >= 11 is 1.45. The van der Waals surface area contributed by atoms with Crippen LogP contribution in [0.5, 0.6) is 0 Å². The minimum Gasteiger partial charge on any atom is -0.302 e. The molecule has 1 heterocycles. The zero-order valence-corrected chi connectivity index (χ0v) is 7.65. The minimum absolute atomic E-state index is 0.105. The van der Waals surface area contributed by atoms with Crippen LogP contribution in [0.2, 0.25) is 0 Å². The fourth-order valence-electron chi connectivity index (χ4n) is 0.948. The molecule has 0 radical (unpaired) electrons. The maximum atomic E-state index is 11.4. The zero-order chi connectivity index (χ0) is 8.60. The van der Waals surface area contributed by atoms with E-state index in [1.54, 1.807) is 6.20 Å². The van der Waals surface area contributed by atoms with Crippen LogP contribution in [0.3, 0.4) is 0 Å². The van der Waals surface area contributed by atoms with Crippen LogP contribution < -0.4 is 5.32 Å². The highest BCUT2D eigenvalue weighted by Gasteiger charge is 2.45. The third kappa shape index (κ3) is 1.34. The van der Waals surface area contributed by atoms with Crippen LogP contribution in [0, 0.1) is 5.41 Å². The van der Waals surface area contributed by atoms with Gasteiger partial charge in [-0.2, -0.15) is 0 Å². The first kappa shape index (κ1) is 7.73. The van der Waals surface area contributed by atoms with Gasteiger partial charge < -0.3 is 5.32 Å². The summed E-state index contributed by atoms with van der Waals surface area (Å²) in [6.07, 6.45) is 3.70. The SMILES string of the molecule is CC1(C(=O)Nc2nccs2)CC1. The van der Waals surface area contributed by atoms with Crippen molar-refractivity contribution in [3.63, 3.8) is 0 Å². The summed E-state index contributed by atoms with van der Waals surface area (Å²) in [5.74, 6) is 0.109. The van der Waals surface area contributed by atoms with Gasteiger partial charge in [0.2, 0.25) is 5.91 Å². The molecular weight excluding hydrogens is 172 g/mol. The summed E-state index contributed by atoms with van der Waals surface area (Å²) in [7, 11) is 0. The molecule has 0 atom stereocenters. The molecule has 1 amide bonds. The van der Waals surface area contributed by atoms with Gasteiger partial charge in [-0.15, -0.1) is 11.3 Å². The lowest BCUT2D eigenvalue weighted by Crippen LogP contribution is -2.21. The van der Waals surface area contributed by atoms with Gasteiger partial charge in [0.1, 0.15) is 0 Å². The number of hydrogen-bond acceptors (Lipinski definition) is 3. The van der Waals surface area contributed by atoms with Crippen LogP contribution in [-0.2, 0) is 4.79 Å². The number of hydrogen-bond donors (Lipinski definition) is 1. The van der Waals surface area contributed by atoms with Crippen molar-refractivity contribution in [2.24, 2.45) is 5.41 Å². The van der Waals surface area contributed by atoms with Crippen LogP contribution >= 0.6 is 11.3 Å². The smallest absolute Gasteiger partial charge is 0.232 e. The summed E-state index contributed by atoms with van der Waals surface area (Å²) in [6, 6.07) is 0. The van der Waals surface area contributed by atoms with E-state index in [1.807, 2.05) is 12.3 Å². The average molecular weight is 182 g/mol. The Labute approximate surface area is 74.8 Å². The molecule has 2 rings (SSSR count). The molecule has 64 valence electrons. The van der Waals surface area contributed by atoms with E-state index in [2.05, 4.69) is 10.3 Å². The van der Waals surface area contributed by atoms with E-state index in [4.69, 9.17) is 0 Å². The molecule has 1 aromatic rings. The minimum atomic E-state index is -0.105. The molecule has 4 heteroatoms. The summed E-state index contributed by atoms with van der Waals surface area (Å²) in [4.78, 5) is 15.4. The molecule has 1 aromatic heterocycles. The number of rotatable bonds is 2. The first-order valence-corrected chi connectivity index (χ1v) is 4.80. The van der Waals surface area contributed by atoms with E-state index in [-0.39, 0.29) is 11.3 Å². The van der Waals surface area contributed by atoms with Gasteiger partial charge in [0, 0.05) is 17.0 Å². The van der Waals surface area contributed by atoms with Crippen molar-refractivity contribution in [3.05, 3.63) is 11.6 Å². The summed E-state index contributed by atoms with van der Waals surface area (Å²) in [5.41, 5.74) is -0.105. The van der Waals surface area contributed by atoms with Gasteiger partial charge in [-0.3, -0.25) is 4.79 Å². The van der Waals surface area contributed by atoms with Crippen LogP contribution in [0.25, 0.3) is 0 Å². The quantitative estimate of drug-likeness (QED) is 0.758. The zero-order valence-electron chi connectivity index (χ0n) is 6.83. The Morgan fingerprint density at radius 2 is 2.50 bits per heavy atom. The number of nitrogens with zero attached hydrogens (tertiary/aromatic N) is 1. The highest BCUT2D eigenvalue weighted by atomic mass is 32.1. The van der Waals surface area contributed by atoms with Crippen LogP contribution in [0.4, 0.5) is 5.13 Å². The molecule has 3 nitrogen and oxygen atoms in total. The predicted molar refractivity (Wildman–Crippen MR) is 48.1 cm³/mol. The average Bonchev–Trinajstić information content (AvgIpc) is 2.63. The summed E-state index contributed by atoms with van der Waals surface area (Å²) < 4.78 is 0. The Kier molecular flexibility index (Phi) is 1.65. The van der Waals surface area contributed by atoms with Gasteiger partial charge in [0.15, 0.2) is 5.13 Å². The van der Waals surface area contributed by atoms with Gasteiger partial charge >= 0.3 is 0 Å². The van der Waals surface area contributed by atoms with Gasteiger partial charge in [0.25, 0.3) is 0 Å². The third-order valence-electron chi connectivity index (χ3n) is 2.20. The lowest BCUT2D eigenvalue weighted by atomic mass is 10.1. The fraction of sp³-hybridized carbons (Fsp3) is 0.500. The lowest BCUT2D eigenvalue weighted by molar-refractivity contribution is -0.120. The number of thiazole rings is 1. The number of carbonyl (C=O) groups is 1. The second kappa shape index (κ2) is 2.55. The molecule has 1 N–H and O–H groups in total. The van der Waals surface area contributed by atoms with Gasteiger partial charge in [0.05, 0.1) is 0 Å². The second-order valence-corrected chi connectivity index (χ2v) is 4.25. The van der Waals surface area contributed by atoms with Crippen LogP contribution in [0.1, 0.15) is 19.8 Å². The second-order valence-electron chi connectivity index (χ2n) is 3.35. The lowest BCUT2D eigenvalue weighted by Gasteiger charge is -2.05. The summed E-state index contributed by atoms with van der Waals surface area (Å²) in [5, 5.41) is 5.35. The first-order chi connectivity index (χ1) is 5.71. The third-order valence-corrected chi connectivity index (χ3v) is 2.89.